The number of rotatable bonds is 0. The zero-order chi connectivity index (χ0) is 11.4. The Balaban J connectivity index is 2.14. The highest BCUT2D eigenvalue weighted by atomic mass is 35.5. The molecule has 2 aromatic carbocycles. The Morgan fingerprint density at radius 2 is 1.94 bits per heavy atom. The van der Waals surface area contributed by atoms with Gasteiger partial charge in [0.15, 0.2) is 11.0 Å². The molecule has 1 aromatic heterocycles. The molecule has 0 saturated carbocycles. The van der Waals surface area contributed by atoms with Crippen molar-refractivity contribution >= 4 is 42.8 Å². The monoisotopic (exact) mass is 255 g/mol. The van der Waals surface area contributed by atoms with Crippen LogP contribution in [0.3, 0.4) is 0 Å². The first-order chi connectivity index (χ1) is 8.34. The van der Waals surface area contributed by atoms with E-state index >= 15 is 0 Å². The predicted octanol–water partition coefficient (Wildman–Crippen LogP) is 1.07. The van der Waals surface area contributed by atoms with E-state index < -0.39 is 0 Å². The summed E-state index contributed by atoms with van der Waals surface area (Å²) in [6, 6.07) is 14.5. The van der Waals surface area contributed by atoms with Crippen LogP contribution in [0.15, 0.2) is 42.5 Å². The van der Waals surface area contributed by atoms with E-state index in [9.17, 15) is 0 Å². The van der Waals surface area contributed by atoms with E-state index in [1.54, 1.807) is 0 Å². The van der Waals surface area contributed by atoms with Gasteiger partial charge in [-0.3, -0.25) is 0 Å². The number of halogens is 1. The van der Waals surface area contributed by atoms with Gasteiger partial charge in [-0.1, -0.05) is 29.8 Å². The quantitative estimate of drug-likeness (QED) is 0.358. The second-order valence-electron chi connectivity index (χ2n) is 4.09. The standard InChI is InChI=1S/C13H7ClN2Si/c14-8-4-3-7-11-12(8)17-13-15-9-5-1-2-6-10(9)16(11)13/h1-7H/p+1. The van der Waals surface area contributed by atoms with E-state index in [1.165, 1.54) is 27.4 Å². The van der Waals surface area contributed by atoms with Crippen molar-refractivity contribution in [1.29, 1.82) is 0 Å². The third-order valence-electron chi connectivity index (χ3n) is 3.10. The summed E-state index contributed by atoms with van der Waals surface area (Å²) in [5, 5.41) is 2.10. The normalized spacial score (nSPS) is 12.8. The molecule has 1 N–H and O–H groups in total. The molecule has 4 rings (SSSR count). The summed E-state index contributed by atoms with van der Waals surface area (Å²) in [7, 11) is 0.608. The fourth-order valence-electron chi connectivity index (χ4n) is 2.36. The van der Waals surface area contributed by atoms with Gasteiger partial charge in [0.2, 0.25) is 15.0 Å². The van der Waals surface area contributed by atoms with Crippen molar-refractivity contribution in [2.75, 3.05) is 0 Å². The SMILES string of the molecule is Clc1cccc2c1[Si]c1[nH]c3ccccc3[n+]1-2. The van der Waals surface area contributed by atoms with Crippen LogP contribution in [0.1, 0.15) is 0 Å². The molecule has 0 fully saturated rings. The van der Waals surface area contributed by atoms with Gasteiger partial charge in [-0.05, 0) is 24.3 Å². The molecule has 1 aliphatic heterocycles. The van der Waals surface area contributed by atoms with Gasteiger partial charge in [0.25, 0.3) is 0 Å². The second kappa shape index (κ2) is 3.21. The summed E-state index contributed by atoms with van der Waals surface area (Å²) in [6.45, 7) is 0. The number of nitrogens with zero attached hydrogens (tertiary/aromatic N) is 1. The molecular formula is C13H8ClN2Si+. The van der Waals surface area contributed by atoms with E-state index in [1.807, 2.05) is 12.1 Å². The average molecular weight is 256 g/mol. The van der Waals surface area contributed by atoms with E-state index in [2.05, 4.69) is 39.9 Å². The number of fused-ring (bicyclic) bond motifs is 5. The number of imidazole rings is 1. The summed E-state index contributed by atoms with van der Waals surface area (Å²) >= 11 is 6.25. The van der Waals surface area contributed by atoms with Crippen LogP contribution in [0.2, 0.25) is 5.02 Å². The molecule has 4 heteroatoms. The predicted molar refractivity (Wildman–Crippen MR) is 69.9 cm³/mol. The molecule has 3 aromatic rings. The van der Waals surface area contributed by atoms with Gasteiger partial charge in [-0.15, -0.1) is 0 Å². The number of aromatic nitrogens is 2. The van der Waals surface area contributed by atoms with E-state index in [0.717, 1.165) is 5.02 Å². The first kappa shape index (κ1) is 9.45. The van der Waals surface area contributed by atoms with Crippen molar-refractivity contribution in [3.8, 4) is 5.69 Å². The van der Waals surface area contributed by atoms with Gasteiger partial charge in [0, 0.05) is 10.2 Å². The molecule has 0 aliphatic carbocycles. The highest BCUT2D eigenvalue weighted by Gasteiger charge is 2.31. The minimum atomic E-state index is 0.608. The Morgan fingerprint density at radius 3 is 2.88 bits per heavy atom. The number of aromatic amines is 1. The number of hydrogen-bond donors (Lipinski definition) is 1. The average Bonchev–Trinajstić information content (AvgIpc) is 2.85. The summed E-state index contributed by atoms with van der Waals surface area (Å²) in [5.41, 5.74) is 4.84. The number of nitrogens with one attached hydrogen (secondary N) is 1. The molecule has 0 bridgehead atoms. The lowest BCUT2D eigenvalue weighted by atomic mass is 10.3. The van der Waals surface area contributed by atoms with Crippen LogP contribution in [0, 0.1) is 0 Å². The summed E-state index contributed by atoms with van der Waals surface area (Å²) in [4.78, 5) is 3.47. The topological polar surface area (TPSA) is 19.7 Å². The van der Waals surface area contributed by atoms with Crippen LogP contribution < -0.4 is 15.2 Å². The van der Waals surface area contributed by atoms with Crippen molar-refractivity contribution in [2.45, 2.75) is 0 Å². The van der Waals surface area contributed by atoms with Crippen molar-refractivity contribution < 1.29 is 4.57 Å². The van der Waals surface area contributed by atoms with Crippen LogP contribution in [0.4, 0.5) is 0 Å². The van der Waals surface area contributed by atoms with Crippen LogP contribution in [0.25, 0.3) is 16.7 Å². The van der Waals surface area contributed by atoms with E-state index in [-0.39, 0.29) is 0 Å². The maximum absolute atomic E-state index is 6.25. The fourth-order valence-corrected chi connectivity index (χ4v) is 3.98. The van der Waals surface area contributed by atoms with Crippen molar-refractivity contribution in [3.05, 3.63) is 47.5 Å². The number of benzene rings is 2. The lowest BCUT2D eigenvalue weighted by molar-refractivity contribution is -0.543. The first-order valence-electron chi connectivity index (χ1n) is 5.43. The van der Waals surface area contributed by atoms with E-state index in [4.69, 9.17) is 11.6 Å². The molecule has 80 valence electrons. The Kier molecular flexibility index (Phi) is 1.79. The number of hydrogen-bond acceptors (Lipinski definition) is 0. The highest BCUT2D eigenvalue weighted by Crippen LogP contribution is 2.14. The zero-order valence-corrected chi connectivity index (χ0v) is 10.6. The molecule has 2 radical (unpaired) electrons. The molecule has 17 heavy (non-hydrogen) atoms. The lowest BCUT2D eigenvalue weighted by Crippen LogP contribution is -2.43. The second-order valence-corrected chi connectivity index (χ2v) is 5.72. The molecule has 0 amide bonds. The molecule has 2 nitrogen and oxygen atoms in total. The fraction of sp³-hybridized carbons (Fsp3) is 0. The number of H-pyrrole nitrogens is 1. The molecule has 0 unspecified atom stereocenters. The van der Waals surface area contributed by atoms with Gasteiger partial charge in [-0.25, -0.2) is 4.98 Å². The minimum Gasteiger partial charge on any atom is -0.246 e. The third kappa shape index (κ3) is 1.18. The van der Waals surface area contributed by atoms with Gasteiger partial charge in [0.05, 0.1) is 0 Å². The first-order valence-corrected chi connectivity index (χ1v) is 6.81. The van der Waals surface area contributed by atoms with Crippen molar-refractivity contribution in [1.82, 2.24) is 4.98 Å². The molecule has 0 spiro atoms. The van der Waals surface area contributed by atoms with Crippen LogP contribution >= 0.6 is 11.6 Å². The maximum Gasteiger partial charge on any atom is 0.246 e. The van der Waals surface area contributed by atoms with Crippen molar-refractivity contribution in [2.24, 2.45) is 0 Å². The van der Waals surface area contributed by atoms with Gasteiger partial charge in [0.1, 0.15) is 5.69 Å². The third-order valence-corrected chi connectivity index (χ3v) is 4.93. The highest BCUT2D eigenvalue weighted by molar-refractivity contribution is 6.70. The summed E-state index contributed by atoms with van der Waals surface area (Å²) < 4.78 is 2.27. The summed E-state index contributed by atoms with van der Waals surface area (Å²) in [6.07, 6.45) is 0. The lowest BCUT2D eigenvalue weighted by Gasteiger charge is -1.99. The van der Waals surface area contributed by atoms with Crippen molar-refractivity contribution in [3.63, 3.8) is 0 Å². The zero-order valence-electron chi connectivity index (χ0n) is 8.87. The molecule has 0 saturated heterocycles. The Hall–Kier alpha value is -1.58. The maximum atomic E-state index is 6.25. The van der Waals surface area contributed by atoms with Gasteiger partial charge in [-0.2, -0.15) is 4.57 Å². The molecule has 1 aliphatic rings. The Labute approximate surface area is 106 Å². The largest absolute Gasteiger partial charge is 0.246 e. The molecule has 2 heterocycles. The van der Waals surface area contributed by atoms with Crippen LogP contribution in [-0.2, 0) is 0 Å². The Bertz CT molecular complexity index is 748. The minimum absolute atomic E-state index is 0.608. The number of para-hydroxylation sites is 2. The van der Waals surface area contributed by atoms with Gasteiger partial charge >= 0.3 is 0 Å². The van der Waals surface area contributed by atoms with Gasteiger partial charge < -0.3 is 0 Å². The molecule has 0 atom stereocenters. The molecular weight excluding hydrogens is 248 g/mol. The summed E-state index contributed by atoms with van der Waals surface area (Å²) in [5.74, 6) is 0. The van der Waals surface area contributed by atoms with E-state index in [0.29, 0.717) is 9.52 Å². The Morgan fingerprint density at radius 1 is 1.06 bits per heavy atom. The van der Waals surface area contributed by atoms with Crippen LogP contribution in [-0.4, -0.2) is 14.5 Å². The smallest absolute Gasteiger partial charge is 0.246 e. The van der Waals surface area contributed by atoms with Crippen LogP contribution in [0.5, 0.6) is 0 Å².